The largest absolute Gasteiger partial charge is 0.472 e. The van der Waals surface area contributed by atoms with Gasteiger partial charge < -0.3 is 18.9 Å². The number of allylic oxidation sites excluding steroid dienone is 4. The van der Waals surface area contributed by atoms with Gasteiger partial charge in [-0.1, -0.05) is 199 Å². The Morgan fingerprint density at radius 2 is 0.948 bits per heavy atom. The van der Waals surface area contributed by atoms with Gasteiger partial charge in [-0.15, -0.1) is 0 Å². The highest BCUT2D eigenvalue weighted by molar-refractivity contribution is 7.47. The van der Waals surface area contributed by atoms with Gasteiger partial charge in [0.1, 0.15) is 19.3 Å². The zero-order valence-electron chi connectivity index (χ0n) is 39.0. The number of phosphoric acid groups is 1. The molecule has 0 aliphatic carbocycles. The molecule has 0 fully saturated rings. The third-order valence-corrected chi connectivity index (χ3v) is 11.7. The predicted molar refractivity (Wildman–Crippen MR) is 247 cm³/mol. The molecule has 0 aliphatic heterocycles. The molecule has 8 nitrogen and oxygen atoms in total. The molecule has 0 bridgehead atoms. The first-order chi connectivity index (χ1) is 28.1. The van der Waals surface area contributed by atoms with Crippen LogP contribution in [0.15, 0.2) is 24.3 Å². The molecule has 58 heavy (non-hydrogen) atoms. The molecule has 344 valence electrons. The Bertz CT molecular complexity index is 983. The molecule has 0 heterocycles. The Hall–Kier alpha value is -1.02. The summed E-state index contributed by atoms with van der Waals surface area (Å²) in [5.41, 5.74) is 0. The van der Waals surface area contributed by atoms with Crippen molar-refractivity contribution in [1.29, 1.82) is 0 Å². The zero-order chi connectivity index (χ0) is 42.7. The molecule has 0 aromatic rings. The maximum atomic E-state index is 12.7. The third kappa shape index (κ3) is 46.1. The van der Waals surface area contributed by atoms with Crippen LogP contribution in [0.2, 0.25) is 0 Å². The first kappa shape index (κ1) is 57.0. The molecular formula is C49H97NO7P+. The Kier molecular flexibility index (Phi) is 41.9. The number of rotatable bonds is 46. The van der Waals surface area contributed by atoms with Gasteiger partial charge in [-0.2, -0.15) is 0 Å². The van der Waals surface area contributed by atoms with E-state index in [0.717, 1.165) is 44.9 Å². The number of carbonyl (C=O) groups excluding carboxylic acids is 1. The number of hydrogen-bond donors (Lipinski definition) is 1. The quantitative estimate of drug-likeness (QED) is 0.0215. The number of quaternary nitrogens is 1. The lowest BCUT2D eigenvalue weighted by Crippen LogP contribution is -2.37. The number of likely N-dealkylation sites (N-methyl/N-ethyl adjacent to an activating group) is 1. The van der Waals surface area contributed by atoms with E-state index in [4.69, 9.17) is 18.5 Å². The fourth-order valence-electron chi connectivity index (χ4n) is 6.94. The molecule has 2 atom stereocenters. The van der Waals surface area contributed by atoms with Crippen LogP contribution in [0.4, 0.5) is 0 Å². The lowest BCUT2D eigenvalue weighted by atomic mass is 10.0. The van der Waals surface area contributed by atoms with Crippen LogP contribution in [0.25, 0.3) is 0 Å². The standard InChI is InChI=1S/C49H96NO7P/c1-6-8-10-12-14-16-18-20-22-24-26-28-30-32-34-36-38-40-42-49(51)57-48(47-56-58(52,53)55-45-43-50(3,4)5)46-54-44-41-39-37-35-33-31-29-27-25-23-21-19-17-15-13-11-9-7-2/h16,18,22,24,48H,6-15,17,19-21,23,25-47H2,1-5H3/p+1/b18-16-,24-22-. The molecule has 0 aromatic carbocycles. The van der Waals surface area contributed by atoms with Gasteiger partial charge >= 0.3 is 13.8 Å². The molecule has 0 amide bonds. The topological polar surface area (TPSA) is 91.3 Å². The zero-order valence-corrected chi connectivity index (χ0v) is 39.9. The lowest BCUT2D eigenvalue weighted by molar-refractivity contribution is -0.870. The van der Waals surface area contributed by atoms with Crippen molar-refractivity contribution in [1.82, 2.24) is 0 Å². The van der Waals surface area contributed by atoms with Gasteiger partial charge in [0, 0.05) is 13.0 Å². The Morgan fingerprint density at radius 3 is 1.41 bits per heavy atom. The van der Waals surface area contributed by atoms with Gasteiger partial charge in [-0.3, -0.25) is 13.8 Å². The number of ether oxygens (including phenoxy) is 2. The van der Waals surface area contributed by atoms with E-state index in [1.54, 1.807) is 0 Å². The van der Waals surface area contributed by atoms with Crippen molar-refractivity contribution < 1.29 is 37.3 Å². The second-order valence-corrected chi connectivity index (χ2v) is 19.3. The van der Waals surface area contributed by atoms with E-state index < -0.39 is 13.9 Å². The summed E-state index contributed by atoms with van der Waals surface area (Å²) in [5.74, 6) is -0.317. The molecule has 9 heteroatoms. The maximum absolute atomic E-state index is 12.7. The van der Waals surface area contributed by atoms with Gasteiger partial charge in [0.2, 0.25) is 0 Å². The molecule has 0 aliphatic rings. The molecule has 0 aromatic heterocycles. The first-order valence-electron chi connectivity index (χ1n) is 24.6. The Labute approximate surface area is 360 Å². The van der Waals surface area contributed by atoms with Crippen molar-refractivity contribution in [3.63, 3.8) is 0 Å². The van der Waals surface area contributed by atoms with E-state index in [1.165, 1.54) is 161 Å². The second kappa shape index (κ2) is 42.7. The van der Waals surface area contributed by atoms with Crippen LogP contribution in [-0.4, -0.2) is 75.6 Å². The van der Waals surface area contributed by atoms with Crippen molar-refractivity contribution in [2.24, 2.45) is 0 Å². The molecule has 0 spiro atoms. The number of hydrogen-bond acceptors (Lipinski definition) is 6. The fourth-order valence-corrected chi connectivity index (χ4v) is 7.68. The van der Waals surface area contributed by atoms with Crippen molar-refractivity contribution >= 4 is 13.8 Å². The molecule has 1 N–H and O–H groups in total. The third-order valence-electron chi connectivity index (χ3n) is 10.8. The van der Waals surface area contributed by atoms with Gasteiger partial charge in [-0.05, 0) is 44.9 Å². The predicted octanol–water partition coefficient (Wildman–Crippen LogP) is 14.8. The summed E-state index contributed by atoms with van der Waals surface area (Å²) in [4.78, 5) is 23.0. The normalized spacial score (nSPS) is 13.8. The van der Waals surface area contributed by atoms with Crippen LogP contribution in [-0.2, 0) is 27.9 Å². The number of nitrogens with zero attached hydrogens (tertiary/aromatic N) is 1. The summed E-state index contributed by atoms with van der Waals surface area (Å²) in [7, 11) is 1.67. The van der Waals surface area contributed by atoms with Crippen LogP contribution >= 0.6 is 7.82 Å². The summed E-state index contributed by atoms with van der Waals surface area (Å²) >= 11 is 0. The minimum Gasteiger partial charge on any atom is -0.457 e. The summed E-state index contributed by atoms with van der Waals surface area (Å²) < 4.78 is 35.1. The highest BCUT2D eigenvalue weighted by Gasteiger charge is 2.26. The highest BCUT2D eigenvalue weighted by atomic mass is 31.2. The number of phosphoric ester groups is 1. The van der Waals surface area contributed by atoms with Crippen molar-refractivity contribution in [3.8, 4) is 0 Å². The van der Waals surface area contributed by atoms with E-state index in [-0.39, 0.29) is 25.8 Å². The molecule has 0 saturated carbocycles. The summed E-state index contributed by atoms with van der Waals surface area (Å²) in [6.07, 6.45) is 49.2. The molecule has 0 rings (SSSR count). The average Bonchev–Trinajstić information content (AvgIpc) is 3.18. The Balaban J connectivity index is 4.16. The van der Waals surface area contributed by atoms with Crippen LogP contribution in [0.5, 0.6) is 0 Å². The number of esters is 1. The minimum absolute atomic E-state index is 0.0891. The van der Waals surface area contributed by atoms with Gasteiger partial charge in [-0.25, -0.2) is 4.57 Å². The summed E-state index contributed by atoms with van der Waals surface area (Å²) in [6, 6.07) is 0. The van der Waals surface area contributed by atoms with Crippen LogP contribution in [0.3, 0.4) is 0 Å². The van der Waals surface area contributed by atoms with E-state index >= 15 is 0 Å². The highest BCUT2D eigenvalue weighted by Crippen LogP contribution is 2.43. The smallest absolute Gasteiger partial charge is 0.457 e. The molecule has 0 saturated heterocycles. The lowest BCUT2D eigenvalue weighted by Gasteiger charge is -2.24. The van der Waals surface area contributed by atoms with Gasteiger partial charge in [0.05, 0.1) is 34.4 Å². The maximum Gasteiger partial charge on any atom is 0.472 e. The van der Waals surface area contributed by atoms with Crippen molar-refractivity contribution in [2.45, 2.75) is 232 Å². The minimum atomic E-state index is -4.28. The summed E-state index contributed by atoms with van der Waals surface area (Å²) in [5, 5.41) is 0. The SMILES string of the molecule is CCCCCC/C=C\C/C=C\CCCCCCCCCC(=O)OC(COCCCCCCCCCCCCCCCCCCCC)COP(=O)(O)OCC[N+](C)(C)C. The average molecular weight is 843 g/mol. The van der Waals surface area contributed by atoms with E-state index in [2.05, 4.69) is 38.2 Å². The van der Waals surface area contributed by atoms with E-state index in [0.29, 0.717) is 24.1 Å². The van der Waals surface area contributed by atoms with Crippen molar-refractivity contribution in [3.05, 3.63) is 24.3 Å². The Morgan fingerprint density at radius 1 is 0.534 bits per heavy atom. The second-order valence-electron chi connectivity index (χ2n) is 17.9. The number of carbonyl (C=O) groups is 1. The molecular weight excluding hydrogens is 746 g/mol. The van der Waals surface area contributed by atoms with Crippen LogP contribution in [0.1, 0.15) is 226 Å². The van der Waals surface area contributed by atoms with Gasteiger partial charge in [0.15, 0.2) is 0 Å². The van der Waals surface area contributed by atoms with Gasteiger partial charge in [0.25, 0.3) is 0 Å². The fraction of sp³-hybridized carbons (Fsp3) is 0.898. The number of unbranched alkanes of at least 4 members (excludes halogenated alkanes) is 28. The molecule has 2 unspecified atom stereocenters. The van der Waals surface area contributed by atoms with Crippen molar-refractivity contribution in [2.75, 3.05) is 54.1 Å². The van der Waals surface area contributed by atoms with E-state index in [9.17, 15) is 14.3 Å². The monoisotopic (exact) mass is 843 g/mol. The first-order valence-corrected chi connectivity index (χ1v) is 26.1. The van der Waals surface area contributed by atoms with E-state index in [1.807, 2.05) is 21.1 Å². The molecule has 0 radical (unpaired) electrons. The summed E-state index contributed by atoms with van der Waals surface area (Å²) in [6.45, 7) is 5.64. The van der Waals surface area contributed by atoms with Crippen LogP contribution in [0, 0.1) is 0 Å². The van der Waals surface area contributed by atoms with Crippen LogP contribution < -0.4 is 0 Å².